The molecule has 0 spiro atoms. The smallest absolute Gasteiger partial charge is 0.140 e. The van der Waals surface area contributed by atoms with Gasteiger partial charge in [0.25, 0.3) is 0 Å². The van der Waals surface area contributed by atoms with Crippen LogP contribution >= 0.6 is 11.3 Å². The average Bonchev–Trinajstić information content (AvgIpc) is 2.82. The van der Waals surface area contributed by atoms with Crippen LogP contribution in [0.5, 0.6) is 5.75 Å². The normalized spacial score (nSPS) is 12.0. The molecule has 2 aromatic rings. The highest BCUT2D eigenvalue weighted by Gasteiger charge is 2.26. The van der Waals surface area contributed by atoms with Crippen molar-refractivity contribution < 1.29 is 9.84 Å². The fraction of sp³-hybridized carbons (Fsp3) is 0.471. The highest BCUT2D eigenvalue weighted by molar-refractivity contribution is 7.11. The van der Waals surface area contributed by atoms with Crippen molar-refractivity contribution in [1.29, 1.82) is 0 Å². The van der Waals surface area contributed by atoms with E-state index in [4.69, 9.17) is 4.74 Å². The first kappa shape index (κ1) is 16.0. The van der Waals surface area contributed by atoms with Crippen LogP contribution in [0, 0.1) is 6.92 Å². The number of hydrogen-bond acceptors (Lipinski definition) is 4. The van der Waals surface area contributed by atoms with Crippen LogP contribution in [0.2, 0.25) is 0 Å². The van der Waals surface area contributed by atoms with Crippen LogP contribution in [0.25, 0.3) is 0 Å². The summed E-state index contributed by atoms with van der Waals surface area (Å²) in [5.74, 6) is 1.13. The Bertz CT molecular complexity index is 594. The fourth-order valence-electron chi connectivity index (χ4n) is 2.05. The van der Waals surface area contributed by atoms with Gasteiger partial charge in [-0.05, 0) is 38.8 Å². The molecule has 4 heteroatoms. The quantitative estimate of drug-likeness (QED) is 0.891. The minimum atomic E-state index is -0.862. The van der Waals surface area contributed by atoms with E-state index in [1.165, 1.54) is 16.9 Å². The number of nitrogens with zero attached hydrogens (tertiary/aromatic N) is 1. The van der Waals surface area contributed by atoms with Gasteiger partial charge in [-0.15, -0.1) is 11.3 Å². The summed E-state index contributed by atoms with van der Waals surface area (Å²) in [5.41, 5.74) is 1.32. The average molecular weight is 305 g/mol. The van der Waals surface area contributed by atoms with Gasteiger partial charge in [0.2, 0.25) is 0 Å². The van der Waals surface area contributed by atoms with E-state index in [9.17, 15) is 5.11 Å². The van der Waals surface area contributed by atoms with Gasteiger partial charge < -0.3 is 9.84 Å². The second-order valence-electron chi connectivity index (χ2n) is 6.14. The summed E-state index contributed by atoms with van der Waals surface area (Å²) in [7, 11) is 0. The van der Waals surface area contributed by atoms with Gasteiger partial charge in [0.05, 0.1) is 16.2 Å². The van der Waals surface area contributed by atoms with Crippen LogP contribution in [-0.4, -0.2) is 10.1 Å². The largest absolute Gasteiger partial charge is 0.486 e. The third-order valence-corrected chi connectivity index (χ3v) is 4.54. The molecule has 0 unspecified atom stereocenters. The van der Waals surface area contributed by atoms with Gasteiger partial charge in [0.15, 0.2) is 0 Å². The lowest BCUT2D eigenvalue weighted by atomic mass is 10.0. The molecule has 0 aliphatic heterocycles. The van der Waals surface area contributed by atoms with E-state index in [1.54, 1.807) is 13.8 Å². The first-order valence-electron chi connectivity index (χ1n) is 7.19. The van der Waals surface area contributed by atoms with E-state index in [0.29, 0.717) is 6.61 Å². The standard InChI is InChI=1S/C17H23NO2S/c1-11(2)15-16(17(4,5)19)21-14(18-15)10-20-13-8-6-12(3)7-9-13/h6-9,11,19H,10H2,1-5H3. The van der Waals surface area contributed by atoms with Crippen LogP contribution in [0.1, 0.15) is 54.8 Å². The SMILES string of the molecule is Cc1ccc(OCc2nc(C(C)C)c(C(C)(C)O)s2)cc1. The lowest BCUT2D eigenvalue weighted by molar-refractivity contribution is 0.0811. The zero-order valence-electron chi connectivity index (χ0n) is 13.3. The van der Waals surface area contributed by atoms with Gasteiger partial charge in [-0.3, -0.25) is 0 Å². The maximum atomic E-state index is 10.3. The second kappa shape index (κ2) is 6.16. The molecule has 0 saturated carbocycles. The summed E-state index contributed by atoms with van der Waals surface area (Å²) in [6, 6.07) is 7.98. The number of aromatic nitrogens is 1. The van der Waals surface area contributed by atoms with Crippen LogP contribution in [0.15, 0.2) is 24.3 Å². The molecule has 1 heterocycles. The first-order valence-corrected chi connectivity index (χ1v) is 8.01. The Morgan fingerprint density at radius 1 is 1.24 bits per heavy atom. The molecule has 114 valence electrons. The van der Waals surface area contributed by atoms with Crippen LogP contribution in [0.4, 0.5) is 0 Å². The van der Waals surface area contributed by atoms with E-state index in [0.717, 1.165) is 21.3 Å². The highest BCUT2D eigenvalue weighted by Crippen LogP contribution is 2.34. The molecule has 1 aromatic carbocycles. The Labute approximate surface area is 130 Å². The number of benzene rings is 1. The number of aryl methyl sites for hydroxylation is 1. The zero-order valence-corrected chi connectivity index (χ0v) is 14.1. The molecule has 3 nitrogen and oxygen atoms in total. The molecule has 0 radical (unpaired) electrons. The third kappa shape index (κ3) is 4.05. The summed E-state index contributed by atoms with van der Waals surface area (Å²) in [4.78, 5) is 5.57. The van der Waals surface area contributed by atoms with E-state index in [2.05, 4.69) is 25.8 Å². The number of ether oxygens (including phenoxy) is 1. The van der Waals surface area contributed by atoms with E-state index in [-0.39, 0.29) is 5.92 Å². The monoisotopic (exact) mass is 305 g/mol. The Hall–Kier alpha value is -1.39. The van der Waals surface area contributed by atoms with E-state index < -0.39 is 5.60 Å². The fourth-order valence-corrected chi connectivity index (χ4v) is 3.18. The molecular weight excluding hydrogens is 282 g/mol. The third-order valence-electron chi connectivity index (χ3n) is 3.18. The summed E-state index contributed by atoms with van der Waals surface area (Å²) >= 11 is 1.53. The Morgan fingerprint density at radius 2 is 1.86 bits per heavy atom. The molecular formula is C17H23NO2S. The molecule has 1 N–H and O–H groups in total. The lowest BCUT2D eigenvalue weighted by Gasteiger charge is -2.17. The highest BCUT2D eigenvalue weighted by atomic mass is 32.1. The van der Waals surface area contributed by atoms with E-state index >= 15 is 0 Å². The van der Waals surface area contributed by atoms with Gasteiger partial charge in [-0.1, -0.05) is 31.5 Å². The molecule has 0 bridgehead atoms. The minimum Gasteiger partial charge on any atom is -0.486 e. The van der Waals surface area contributed by atoms with Gasteiger partial charge >= 0.3 is 0 Å². The summed E-state index contributed by atoms with van der Waals surface area (Å²) in [6.45, 7) is 10.3. The first-order chi connectivity index (χ1) is 9.77. The van der Waals surface area contributed by atoms with Crippen molar-refractivity contribution in [3.05, 3.63) is 45.4 Å². The maximum absolute atomic E-state index is 10.3. The number of rotatable bonds is 5. The topological polar surface area (TPSA) is 42.4 Å². The van der Waals surface area contributed by atoms with Crippen molar-refractivity contribution in [2.75, 3.05) is 0 Å². The molecule has 1 aromatic heterocycles. The Kier molecular flexibility index (Phi) is 4.69. The zero-order chi connectivity index (χ0) is 15.6. The number of hydrogen-bond donors (Lipinski definition) is 1. The molecule has 0 aliphatic rings. The van der Waals surface area contributed by atoms with Gasteiger partial charge in [0, 0.05) is 0 Å². The number of thiazole rings is 1. The van der Waals surface area contributed by atoms with Crippen molar-refractivity contribution in [3.8, 4) is 5.75 Å². The summed E-state index contributed by atoms with van der Waals surface area (Å²) in [6.07, 6.45) is 0. The van der Waals surface area contributed by atoms with Crippen molar-refractivity contribution >= 4 is 11.3 Å². The predicted octanol–water partition coefficient (Wildman–Crippen LogP) is 4.38. The number of aliphatic hydroxyl groups is 1. The van der Waals surface area contributed by atoms with Gasteiger partial charge in [-0.2, -0.15) is 0 Å². The van der Waals surface area contributed by atoms with Crippen molar-refractivity contribution in [3.63, 3.8) is 0 Å². The molecule has 0 aliphatic carbocycles. The summed E-state index contributed by atoms with van der Waals surface area (Å²) < 4.78 is 5.77. The molecule has 0 saturated heterocycles. The maximum Gasteiger partial charge on any atom is 0.140 e. The van der Waals surface area contributed by atoms with Crippen molar-refractivity contribution in [2.45, 2.75) is 52.7 Å². The van der Waals surface area contributed by atoms with Gasteiger partial charge in [0.1, 0.15) is 17.4 Å². The molecule has 0 amide bonds. The van der Waals surface area contributed by atoms with Gasteiger partial charge in [-0.25, -0.2) is 4.98 Å². The predicted molar refractivity (Wildman–Crippen MR) is 87.0 cm³/mol. The summed E-state index contributed by atoms with van der Waals surface area (Å²) in [5, 5.41) is 11.2. The van der Waals surface area contributed by atoms with Crippen molar-refractivity contribution in [1.82, 2.24) is 4.98 Å². The van der Waals surface area contributed by atoms with Crippen LogP contribution < -0.4 is 4.74 Å². The van der Waals surface area contributed by atoms with Crippen LogP contribution in [0.3, 0.4) is 0 Å². The molecule has 21 heavy (non-hydrogen) atoms. The molecule has 0 atom stereocenters. The Balaban J connectivity index is 2.15. The van der Waals surface area contributed by atoms with Crippen LogP contribution in [-0.2, 0) is 12.2 Å². The lowest BCUT2D eigenvalue weighted by Crippen LogP contribution is -2.16. The van der Waals surface area contributed by atoms with E-state index in [1.807, 2.05) is 24.3 Å². The Morgan fingerprint density at radius 3 is 2.33 bits per heavy atom. The molecule has 0 fully saturated rings. The second-order valence-corrected chi connectivity index (χ2v) is 7.22. The van der Waals surface area contributed by atoms with Crippen molar-refractivity contribution in [2.24, 2.45) is 0 Å². The molecule has 2 rings (SSSR count). The minimum absolute atomic E-state index is 0.288.